The first kappa shape index (κ1) is 25.2. The number of methoxy groups -OCH3 is 1. The Labute approximate surface area is 203 Å². The van der Waals surface area contributed by atoms with Crippen molar-refractivity contribution in [3.63, 3.8) is 0 Å². The van der Waals surface area contributed by atoms with E-state index in [9.17, 15) is 9.18 Å². The first-order valence-corrected chi connectivity index (χ1v) is 11.4. The molecule has 2 aromatic carbocycles. The second-order valence-corrected chi connectivity index (χ2v) is 8.07. The van der Waals surface area contributed by atoms with Crippen molar-refractivity contribution in [2.45, 2.75) is 32.1 Å². The zero-order valence-corrected chi connectivity index (χ0v) is 20.0. The van der Waals surface area contributed by atoms with Crippen molar-refractivity contribution in [3.05, 3.63) is 59.8 Å². The third-order valence-electron chi connectivity index (χ3n) is 5.30. The third kappa shape index (κ3) is 6.57. The van der Waals surface area contributed by atoms with Crippen molar-refractivity contribution in [2.24, 2.45) is 0 Å². The molecule has 1 heterocycles. The topological polar surface area (TPSA) is 85.4 Å². The summed E-state index contributed by atoms with van der Waals surface area (Å²) in [6, 6.07) is 7.98. The fourth-order valence-corrected chi connectivity index (χ4v) is 3.54. The van der Waals surface area contributed by atoms with Gasteiger partial charge >= 0.3 is 0 Å². The standard InChI is InChI=1S/C25H28ClFN4O3/c1-16(28-2)22(32)8-6-4-5-7-11-34-24-13-18-21(14-23(24)33-3)29-15-30-25(18)31-17-9-10-20(27)19(26)12-17/h9-10,12-15,28H,1,4-8,11H2,2-3H3,(H,29,30,31). The number of carbonyl (C=O) groups excluding carboxylic acids is 1. The molecular weight excluding hydrogens is 459 g/mol. The average Bonchev–Trinajstić information content (AvgIpc) is 2.84. The van der Waals surface area contributed by atoms with Crippen molar-refractivity contribution in [1.29, 1.82) is 0 Å². The molecule has 2 N–H and O–H groups in total. The summed E-state index contributed by atoms with van der Waals surface area (Å²) >= 11 is 5.89. The molecule has 1 aromatic heterocycles. The number of ether oxygens (including phenoxy) is 2. The van der Waals surface area contributed by atoms with Gasteiger partial charge in [-0.2, -0.15) is 0 Å². The minimum atomic E-state index is -0.491. The largest absolute Gasteiger partial charge is 0.493 e. The molecule has 180 valence electrons. The summed E-state index contributed by atoms with van der Waals surface area (Å²) in [7, 11) is 3.27. The predicted octanol–water partition coefficient (Wildman–Crippen LogP) is 5.81. The molecule has 0 aliphatic carbocycles. The van der Waals surface area contributed by atoms with Gasteiger partial charge in [0.25, 0.3) is 0 Å². The summed E-state index contributed by atoms with van der Waals surface area (Å²) in [4.78, 5) is 20.4. The number of hydrogen-bond donors (Lipinski definition) is 2. The van der Waals surface area contributed by atoms with Gasteiger partial charge in [0.2, 0.25) is 0 Å². The van der Waals surface area contributed by atoms with Gasteiger partial charge in [0.15, 0.2) is 17.3 Å². The first-order chi connectivity index (χ1) is 16.4. The normalized spacial score (nSPS) is 10.7. The number of aromatic nitrogens is 2. The molecule has 9 heteroatoms. The molecule has 0 aliphatic rings. The van der Waals surface area contributed by atoms with E-state index in [4.69, 9.17) is 21.1 Å². The van der Waals surface area contributed by atoms with Crippen LogP contribution >= 0.6 is 11.6 Å². The average molecular weight is 487 g/mol. The van der Waals surface area contributed by atoms with Crippen molar-refractivity contribution in [3.8, 4) is 11.5 Å². The summed E-state index contributed by atoms with van der Waals surface area (Å²) in [6.45, 7) is 4.19. The number of ketones is 1. The molecule has 0 radical (unpaired) electrons. The Morgan fingerprint density at radius 2 is 1.91 bits per heavy atom. The van der Waals surface area contributed by atoms with Crippen LogP contribution in [0.25, 0.3) is 10.9 Å². The maximum Gasteiger partial charge on any atom is 0.178 e. The van der Waals surface area contributed by atoms with E-state index in [-0.39, 0.29) is 10.8 Å². The number of carbonyl (C=O) groups is 1. The Morgan fingerprint density at radius 3 is 2.65 bits per heavy atom. The van der Waals surface area contributed by atoms with Crippen molar-refractivity contribution in [2.75, 3.05) is 26.1 Å². The molecule has 0 saturated carbocycles. The molecule has 0 aliphatic heterocycles. The van der Waals surface area contributed by atoms with E-state index in [2.05, 4.69) is 27.2 Å². The van der Waals surface area contributed by atoms with E-state index < -0.39 is 5.82 Å². The summed E-state index contributed by atoms with van der Waals surface area (Å²) < 4.78 is 25.0. The van der Waals surface area contributed by atoms with Crippen molar-refractivity contribution < 1.29 is 18.7 Å². The number of nitrogens with one attached hydrogen (secondary N) is 2. The molecule has 3 rings (SSSR count). The van der Waals surface area contributed by atoms with Crippen LogP contribution in [0.4, 0.5) is 15.9 Å². The van der Waals surface area contributed by atoms with Crippen LogP contribution in [0.3, 0.4) is 0 Å². The quantitative estimate of drug-likeness (QED) is 0.233. The molecule has 0 atom stereocenters. The van der Waals surface area contributed by atoms with Crippen LogP contribution in [0.5, 0.6) is 11.5 Å². The number of hydrogen-bond acceptors (Lipinski definition) is 7. The summed E-state index contributed by atoms with van der Waals surface area (Å²) in [5.41, 5.74) is 1.72. The first-order valence-electron chi connectivity index (χ1n) is 11.0. The number of anilines is 2. The number of rotatable bonds is 13. The van der Waals surface area contributed by atoms with Gasteiger partial charge < -0.3 is 20.1 Å². The van der Waals surface area contributed by atoms with E-state index in [1.54, 1.807) is 26.3 Å². The zero-order chi connectivity index (χ0) is 24.5. The van der Waals surface area contributed by atoms with Crippen LogP contribution in [0.15, 0.2) is 48.9 Å². The number of benzene rings is 2. The summed E-state index contributed by atoms with van der Waals surface area (Å²) in [6.07, 6.45) is 5.46. The van der Waals surface area contributed by atoms with Crippen LogP contribution in [-0.2, 0) is 4.79 Å². The minimum absolute atomic E-state index is 0.0189. The monoisotopic (exact) mass is 486 g/mol. The van der Waals surface area contributed by atoms with Gasteiger partial charge in [-0.3, -0.25) is 4.79 Å². The lowest BCUT2D eigenvalue weighted by molar-refractivity contribution is -0.116. The molecular formula is C25H28ClFN4O3. The van der Waals surface area contributed by atoms with Gasteiger partial charge in [-0.15, -0.1) is 0 Å². The summed E-state index contributed by atoms with van der Waals surface area (Å²) in [5.74, 6) is 1.24. The van der Waals surface area contributed by atoms with Gasteiger partial charge in [0.1, 0.15) is 18.0 Å². The molecule has 3 aromatic rings. The number of likely N-dealkylation sites (N-methyl/N-ethyl adjacent to an activating group) is 1. The Balaban J connectivity index is 1.63. The second-order valence-electron chi connectivity index (χ2n) is 7.66. The number of fused-ring (bicyclic) bond motifs is 1. The molecule has 0 saturated heterocycles. The van der Waals surface area contributed by atoms with E-state index >= 15 is 0 Å². The van der Waals surface area contributed by atoms with Crippen LogP contribution in [0.1, 0.15) is 32.1 Å². The predicted molar refractivity (Wildman–Crippen MR) is 133 cm³/mol. The number of allylic oxidation sites excluding steroid dienone is 1. The number of halogens is 2. The Bertz CT molecular complexity index is 1170. The molecule has 0 amide bonds. The Morgan fingerprint density at radius 1 is 1.12 bits per heavy atom. The zero-order valence-electron chi connectivity index (χ0n) is 19.3. The van der Waals surface area contributed by atoms with Gasteiger partial charge in [-0.1, -0.05) is 31.0 Å². The van der Waals surface area contributed by atoms with Crippen molar-refractivity contribution >= 4 is 39.8 Å². The highest BCUT2D eigenvalue weighted by Gasteiger charge is 2.13. The number of unbranched alkanes of at least 4 members (excludes halogenated alkanes) is 3. The Kier molecular flexibility index (Phi) is 9.04. The molecule has 0 bridgehead atoms. The molecule has 0 unspecified atom stereocenters. The van der Waals surface area contributed by atoms with Gasteiger partial charge in [-0.05, 0) is 37.1 Å². The highest BCUT2D eigenvalue weighted by atomic mass is 35.5. The lowest BCUT2D eigenvalue weighted by Crippen LogP contribution is -2.14. The fourth-order valence-electron chi connectivity index (χ4n) is 3.36. The fraction of sp³-hybridized carbons (Fsp3) is 0.320. The molecule has 34 heavy (non-hydrogen) atoms. The maximum absolute atomic E-state index is 13.5. The molecule has 0 spiro atoms. The molecule has 7 nitrogen and oxygen atoms in total. The lowest BCUT2D eigenvalue weighted by Gasteiger charge is -2.14. The second kappa shape index (κ2) is 12.2. The molecule has 0 fully saturated rings. The van der Waals surface area contributed by atoms with Gasteiger partial charge in [0.05, 0.1) is 30.0 Å². The van der Waals surface area contributed by atoms with E-state index in [1.807, 2.05) is 6.07 Å². The van der Waals surface area contributed by atoms with Gasteiger partial charge in [0, 0.05) is 30.6 Å². The Hall–Kier alpha value is -3.39. The summed E-state index contributed by atoms with van der Waals surface area (Å²) in [5, 5.41) is 6.68. The number of Topliss-reactive ketones (excluding diaryl/α,β-unsaturated/α-hetero) is 1. The smallest absolute Gasteiger partial charge is 0.178 e. The lowest BCUT2D eigenvalue weighted by atomic mass is 10.1. The van der Waals surface area contributed by atoms with Crippen LogP contribution in [0.2, 0.25) is 5.02 Å². The third-order valence-corrected chi connectivity index (χ3v) is 5.59. The van der Waals surface area contributed by atoms with E-state index in [1.165, 1.54) is 18.5 Å². The van der Waals surface area contributed by atoms with E-state index in [0.717, 1.165) is 31.1 Å². The van der Waals surface area contributed by atoms with Crippen LogP contribution < -0.4 is 20.1 Å². The van der Waals surface area contributed by atoms with Crippen LogP contribution in [0, 0.1) is 5.82 Å². The SMILES string of the molecule is C=C(NC)C(=O)CCCCCCOc1cc2c(Nc3ccc(F)c(Cl)c3)ncnc2cc1OC. The highest BCUT2D eigenvalue weighted by molar-refractivity contribution is 6.31. The van der Waals surface area contributed by atoms with Crippen LogP contribution in [-0.4, -0.2) is 36.5 Å². The van der Waals surface area contributed by atoms with Gasteiger partial charge in [-0.25, -0.2) is 14.4 Å². The van der Waals surface area contributed by atoms with E-state index in [0.29, 0.717) is 47.2 Å². The maximum atomic E-state index is 13.5. The van der Waals surface area contributed by atoms with Crippen molar-refractivity contribution in [1.82, 2.24) is 15.3 Å². The number of nitrogens with zero attached hydrogens (tertiary/aromatic N) is 2. The highest BCUT2D eigenvalue weighted by Crippen LogP contribution is 2.35. The minimum Gasteiger partial charge on any atom is -0.493 e.